The first kappa shape index (κ1) is 14.0. The van der Waals surface area contributed by atoms with Gasteiger partial charge in [0.2, 0.25) is 0 Å². The number of nitrogens with zero attached hydrogens (tertiary/aromatic N) is 1. The van der Waals surface area contributed by atoms with E-state index in [9.17, 15) is 13.6 Å². The van der Waals surface area contributed by atoms with E-state index in [2.05, 4.69) is 5.32 Å². The molecular formula is C15H14F2N2O. The lowest BCUT2D eigenvalue weighted by molar-refractivity contribution is 0.102. The smallest absolute Gasteiger partial charge is 0.257 e. The van der Waals surface area contributed by atoms with Gasteiger partial charge in [-0.15, -0.1) is 0 Å². The van der Waals surface area contributed by atoms with E-state index >= 15 is 0 Å². The maximum atomic E-state index is 13.5. The van der Waals surface area contributed by atoms with Crippen molar-refractivity contribution in [1.82, 2.24) is 0 Å². The van der Waals surface area contributed by atoms with Crippen molar-refractivity contribution in [3.63, 3.8) is 0 Å². The molecule has 0 heterocycles. The van der Waals surface area contributed by atoms with Gasteiger partial charge in [-0.3, -0.25) is 4.79 Å². The third-order valence-electron chi connectivity index (χ3n) is 2.83. The summed E-state index contributed by atoms with van der Waals surface area (Å²) in [6, 6.07) is 10.6. The molecule has 1 amide bonds. The first-order chi connectivity index (χ1) is 9.50. The van der Waals surface area contributed by atoms with Gasteiger partial charge in [-0.2, -0.15) is 0 Å². The molecule has 0 unspecified atom stereocenters. The van der Waals surface area contributed by atoms with E-state index < -0.39 is 17.5 Å². The summed E-state index contributed by atoms with van der Waals surface area (Å²) >= 11 is 0. The van der Waals surface area contributed by atoms with Crippen LogP contribution in [0.1, 0.15) is 10.4 Å². The highest BCUT2D eigenvalue weighted by molar-refractivity contribution is 6.08. The zero-order chi connectivity index (χ0) is 14.7. The molecule has 0 radical (unpaired) electrons. The lowest BCUT2D eigenvalue weighted by Gasteiger charge is -2.17. The Morgan fingerprint density at radius 2 is 1.75 bits per heavy atom. The molecule has 0 atom stereocenters. The summed E-state index contributed by atoms with van der Waals surface area (Å²) in [6.07, 6.45) is 0. The van der Waals surface area contributed by atoms with Crippen molar-refractivity contribution >= 4 is 17.3 Å². The molecule has 2 aromatic carbocycles. The Bertz CT molecular complexity index is 642. The van der Waals surface area contributed by atoms with Gasteiger partial charge in [0.1, 0.15) is 0 Å². The molecule has 104 valence electrons. The highest BCUT2D eigenvalue weighted by Gasteiger charge is 2.15. The number of anilines is 2. The number of benzene rings is 2. The molecule has 0 aromatic heterocycles. The SMILES string of the molecule is CN(C)c1ccccc1C(=O)Nc1cccc(F)c1F. The van der Waals surface area contributed by atoms with Crippen molar-refractivity contribution < 1.29 is 13.6 Å². The molecule has 0 spiro atoms. The summed E-state index contributed by atoms with van der Waals surface area (Å²) in [6.45, 7) is 0. The number of hydrogen-bond donors (Lipinski definition) is 1. The van der Waals surface area contributed by atoms with Crippen LogP contribution in [0.25, 0.3) is 0 Å². The number of rotatable bonds is 3. The summed E-state index contributed by atoms with van der Waals surface area (Å²) in [5, 5.41) is 2.38. The summed E-state index contributed by atoms with van der Waals surface area (Å²) < 4.78 is 26.6. The van der Waals surface area contributed by atoms with Crippen LogP contribution in [0.5, 0.6) is 0 Å². The Morgan fingerprint density at radius 1 is 1.05 bits per heavy atom. The first-order valence-corrected chi connectivity index (χ1v) is 6.02. The molecule has 0 saturated heterocycles. The maximum absolute atomic E-state index is 13.5. The molecule has 0 saturated carbocycles. The summed E-state index contributed by atoms with van der Waals surface area (Å²) in [5.74, 6) is -2.55. The van der Waals surface area contributed by atoms with E-state index in [1.165, 1.54) is 12.1 Å². The van der Waals surface area contributed by atoms with E-state index in [1.54, 1.807) is 43.3 Å². The number of amides is 1. The van der Waals surface area contributed by atoms with Crippen molar-refractivity contribution in [1.29, 1.82) is 0 Å². The number of halogens is 2. The number of nitrogens with one attached hydrogen (secondary N) is 1. The Morgan fingerprint density at radius 3 is 2.45 bits per heavy atom. The number of carbonyl (C=O) groups is 1. The first-order valence-electron chi connectivity index (χ1n) is 6.02. The van der Waals surface area contributed by atoms with Crippen LogP contribution in [0, 0.1) is 11.6 Å². The van der Waals surface area contributed by atoms with Crippen LogP contribution >= 0.6 is 0 Å². The van der Waals surface area contributed by atoms with Gasteiger partial charge in [0.25, 0.3) is 5.91 Å². The summed E-state index contributed by atoms with van der Waals surface area (Å²) in [4.78, 5) is 14.0. The molecular weight excluding hydrogens is 262 g/mol. The second-order valence-corrected chi connectivity index (χ2v) is 4.47. The Balaban J connectivity index is 2.31. The molecule has 5 heteroatoms. The zero-order valence-corrected chi connectivity index (χ0v) is 11.2. The third kappa shape index (κ3) is 2.77. The molecule has 0 aliphatic rings. The highest BCUT2D eigenvalue weighted by Crippen LogP contribution is 2.21. The van der Waals surface area contributed by atoms with E-state index in [0.29, 0.717) is 11.3 Å². The quantitative estimate of drug-likeness (QED) is 0.933. The van der Waals surface area contributed by atoms with Crippen LogP contribution in [0.4, 0.5) is 20.2 Å². The fraction of sp³-hybridized carbons (Fsp3) is 0.133. The molecule has 0 bridgehead atoms. The number of hydrogen-bond acceptors (Lipinski definition) is 2. The minimum atomic E-state index is -1.07. The lowest BCUT2D eigenvalue weighted by atomic mass is 10.1. The Hall–Kier alpha value is -2.43. The average Bonchev–Trinajstić information content (AvgIpc) is 2.43. The minimum absolute atomic E-state index is 0.177. The standard InChI is InChI=1S/C15H14F2N2O/c1-19(2)13-9-4-3-6-10(13)15(20)18-12-8-5-7-11(16)14(12)17/h3-9H,1-2H3,(H,18,20). The summed E-state index contributed by atoms with van der Waals surface area (Å²) in [5.41, 5.74) is 0.909. The van der Waals surface area contributed by atoms with Gasteiger partial charge < -0.3 is 10.2 Å². The Labute approximate surface area is 115 Å². The Kier molecular flexibility index (Phi) is 3.98. The second-order valence-electron chi connectivity index (χ2n) is 4.47. The van der Waals surface area contributed by atoms with Gasteiger partial charge in [-0.1, -0.05) is 18.2 Å². The molecule has 0 aliphatic carbocycles. The molecule has 0 fully saturated rings. The van der Waals surface area contributed by atoms with Gasteiger partial charge in [0.15, 0.2) is 11.6 Å². The molecule has 20 heavy (non-hydrogen) atoms. The van der Waals surface area contributed by atoms with E-state index in [-0.39, 0.29) is 5.69 Å². The van der Waals surface area contributed by atoms with E-state index in [1.807, 2.05) is 0 Å². The predicted molar refractivity (Wildman–Crippen MR) is 75.1 cm³/mol. The van der Waals surface area contributed by atoms with Gasteiger partial charge in [0.05, 0.1) is 11.3 Å². The van der Waals surface area contributed by atoms with Crippen LogP contribution in [0.2, 0.25) is 0 Å². The molecule has 1 N–H and O–H groups in total. The summed E-state index contributed by atoms with van der Waals surface area (Å²) in [7, 11) is 3.60. The molecule has 2 aromatic rings. The van der Waals surface area contributed by atoms with Gasteiger partial charge in [-0.25, -0.2) is 8.78 Å². The third-order valence-corrected chi connectivity index (χ3v) is 2.83. The van der Waals surface area contributed by atoms with Gasteiger partial charge >= 0.3 is 0 Å². The largest absolute Gasteiger partial charge is 0.377 e. The molecule has 0 aliphatic heterocycles. The second kappa shape index (κ2) is 5.69. The fourth-order valence-corrected chi connectivity index (χ4v) is 1.85. The lowest BCUT2D eigenvalue weighted by Crippen LogP contribution is -2.19. The predicted octanol–water partition coefficient (Wildman–Crippen LogP) is 3.28. The van der Waals surface area contributed by atoms with Crippen LogP contribution in [-0.4, -0.2) is 20.0 Å². The van der Waals surface area contributed by atoms with Crippen molar-refractivity contribution in [3.05, 3.63) is 59.7 Å². The van der Waals surface area contributed by atoms with Crippen LogP contribution in [-0.2, 0) is 0 Å². The van der Waals surface area contributed by atoms with Gasteiger partial charge in [0, 0.05) is 19.8 Å². The minimum Gasteiger partial charge on any atom is -0.377 e. The average molecular weight is 276 g/mol. The number of para-hydroxylation sites is 1. The topological polar surface area (TPSA) is 32.3 Å². The van der Waals surface area contributed by atoms with Crippen molar-refractivity contribution in [2.24, 2.45) is 0 Å². The van der Waals surface area contributed by atoms with Gasteiger partial charge in [-0.05, 0) is 24.3 Å². The zero-order valence-electron chi connectivity index (χ0n) is 11.2. The molecule has 2 rings (SSSR count). The van der Waals surface area contributed by atoms with Crippen molar-refractivity contribution in [2.75, 3.05) is 24.3 Å². The highest BCUT2D eigenvalue weighted by atomic mass is 19.2. The monoisotopic (exact) mass is 276 g/mol. The molecule has 3 nitrogen and oxygen atoms in total. The fourth-order valence-electron chi connectivity index (χ4n) is 1.85. The van der Waals surface area contributed by atoms with E-state index in [4.69, 9.17) is 0 Å². The van der Waals surface area contributed by atoms with Crippen molar-refractivity contribution in [2.45, 2.75) is 0 Å². The van der Waals surface area contributed by atoms with E-state index in [0.717, 1.165) is 6.07 Å². The van der Waals surface area contributed by atoms with Crippen molar-refractivity contribution in [3.8, 4) is 0 Å². The number of carbonyl (C=O) groups excluding carboxylic acids is 1. The normalized spacial score (nSPS) is 10.2. The van der Waals surface area contributed by atoms with Crippen LogP contribution in [0.15, 0.2) is 42.5 Å². The van der Waals surface area contributed by atoms with Crippen LogP contribution in [0.3, 0.4) is 0 Å². The maximum Gasteiger partial charge on any atom is 0.257 e. The van der Waals surface area contributed by atoms with Crippen LogP contribution < -0.4 is 10.2 Å².